The molecule has 3 aromatic rings. The number of nitrogens with zero attached hydrogens (tertiary/aromatic N) is 3. The number of hydrogen-bond donors (Lipinski definition) is 1. The highest BCUT2D eigenvalue weighted by atomic mass is 35.5. The SMILES string of the molecule is C/C=C(F)\C=C/c1nc(Cn2cc(Cc3ccc(Cl)cc3Cl)n(CC(F)F)c2=O)[nH]c1C. The number of alkyl halides is 2. The van der Waals surface area contributed by atoms with E-state index in [4.69, 9.17) is 23.2 Å². The smallest absolute Gasteiger partial charge is 0.328 e. The summed E-state index contributed by atoms with van der Waals surface area (Å²) in [6.07, 6.45) is 3.11. The van der Waals surface area contributed by atoms with Crippen molar-refractivity contribution >= 4 is 29.3 Å². The molecule has 170 valence electrons. The van der Waals surface area contributed by atoms with Crippen LogP contribution in [0, 0.1) is 6.92 Å². The van der Waals surface area contributed by atoms with Crippen LogP contribution in [0.15, 0.2) is 47.2 Å². The van der Waals surface area contributed by atoms with E-state index < -0.39 is 24.5 Å². The van der Waals surface area contributed by atoms with Gasteiger partial charge in [0.15, 0.2) is 0 Å². The van der Waals surface area contributed by atoms with E-state index in [1.54, 1.807) is 32.0 Å². The normalized spacial score (nSPS) is 12.4. The Kier molecular flexibility index (Phi) is 7.69. The zero-order valence-electron chi connectivity index (χ0n) is 17.4. The number of rotatable bonds is 8. The molecule has 0 aliphatic heterocycles. The summed E-state index contributed by atoms with van der Waals surface area (Å²) in [5.74, 6) is 0.0372. The van der Waals surface area contributed by atoms with Gasteiger partial charge in [-0.2, -0.15) is 0 Å². The van der Waals surface area contributed by atoms with Crippen LogP contribution in [0.25, 0.3) is 6.08 Å². The lowest BCUT2D eigenvalue weighted by Gasteiger charge is -2.08. The Labute approximate surface area is 192 Å². The van der Waals surface area contributed by atoms with Crippen molar-refractivity contribution in [2.75, 3.05) is 0 Å². The van der Waals surface area contributed by atoms with Crippen LogP contribution in [-0.4, -0.2) is 25.5 Å². The summed E-state index contributed by atoms with van der Waals surface area (Å²) in [7, 11) is 0. The lowest BCUT2D eigenvalue weighted by Crippen LogP contribution is -2.28. The molecular formula is C22H21Cl2F3N4O. The second-order valence-corrected chi connectivity index (χ2v) is 7.99. The molecule has 10 heteroatoms. The molecule has 0 unspecified atom stereocenters. The Hall–Kier alpha value is -2.71. The molecule has 2 heterocycles. The fourth-order valence-electron chi connectivity index (χ4n) is 3.22. The van der Waals surface area contributed by atoms with Gasteiger partial charge in [-0.15, -0.1) is 0 Å². The molecule has 0 aliphatic rings. The van der Waals surface area contributed by atoms with Gasteiger partial charge in [0.05, 0.1) is 18.8 Å². The maximum absolute atomic E-state index is 13.3. The first-order valence-electron chi connectivity index (χ1n) is 9.74. The minimum atomic E-state index is -2.70. The summed E-state index contributed by atoms with van der Waals surface area (Å²) in [5, 5.41) is 0.835. The molecule has 0 fully saturated rings. The lowest BCUT2D eigenvalue weighted by atomic mass is 10.1. The van der Waals surface area contributed by atoms with Gasteiger partial charge in [0.2, 0.25) is 0 Å². The van der Waals surface area contributed by atoms with Crippen LogP contribution in [-0.2, 0) is 19.5 Å². The van der Waals surface area contributed by atoms with Gasteiger partial charge < -0.3 is 4.98 Å². The van der Waals surface area contributed by atoms with Gasteiger partial charge in [-0.05, 0) is 43.7 Å². The maximum Gasteiger partial charge on any atom is 0.328 e. The summed E-state index contributed by atoms with van der Waals surface area (Å²) in [4.78, 5) is 20.2. The van der Waals surface area contributed by atoms with E-state index >= 15 is 0 Å². The molecule has 0 aliphatic carbocycles. The minimum Gasteiger partial charge on any atom is -0.344 e. The molecule has 0 radical (unpaired) electrons. The second-order valence-electron chi connectivity index (χ2n) is 7.15. The molecule has 0 atom stereocenters. The van der Waals surface area contributed by atoms with E-state index in [0.29, 0.717) is 38.5 Å². The molecule has 0 amide bonds. The van der Waals surface area contributed by atoms with E-state index in [2.05, 4.69) is 9.97 Å². The van der Waals surface area contributed by atoms with Gasteiger partial charge in [-0.25, -0.2) is 22.9 Å². The largest absolute Gasteiger partial charge is 0.344 e. The number of aromatic nitrogens is 4. The van der Waals surface area contributed by atoms with Crippen molar-refractivity contribution in [3.63, 3.8) is 0 Å². The number of benzene rings is 1. The van der Waals surface area contributed by atoms with Crippen LogP contribution in [0.4, 0.5) is 13.2 Å². The Bertz CT molecular complexity index is 1220. The predicted octanol–water partition coefficient (Wildman–Crippen LogP) is 5.78. The van der Waals surface area contributed by atoms with E-state index in [9.17, 15) is 18.0 Å². The van der Waals surface area contributed by atoms with Crippen LogP contribution in [0.3, 0.4) is 0 Å². The number of halogens is 5. The summed E-state index contributed by atoms with van der Waals surface area (Å²) < 4.78 is 42.0. The molecule has 0 bridgehead atoms. The Morgan fingerprint density at radius 1 is 1.31 bits per heavy atom. The minimum absolute atomic E-state index is 0.0389. The van der Waals surface area contributed by atoms with Gasteiger partial charge in [0.1, 0.15) is 11.7 Å². The number of hydrogen-bond acceptors (Lipinski definition) is 2. The maximum atomic E-state index is 13.3. The van der Waals surface area contributed by atoms with Gasteiger partial charge in [0.25, 0.3) is 6.43 Å². The number of nitrogens with one attached hydrogen (secondary N) is 1. The highest BCUT2D eigenvalue weighted by Crippen LogP contribution is 2.23. The van der Waals surface area contributed by atoms with E-state index in [1.165, 1.54) is 29.0 Å². The number of H-pyrrole nitrogens is 1. The molecule has 2 aromatic heterocycles. The fraction of sp³-hybridized carbons (Fsp3) is 0.273. The van der Waals surface area contributed by atoms with Crippen molar-refractivity contribution in [1.29, 1.82) is 0 Å². The first kappa shape index (κ1) is 23.9. The van der Waals surface area contributed by atoms with Crippen molar-refractivity contribution in [2.45, 2.75) is 39.8 Å². The van der Waals surface area contributed by atoms with Crippen molar-refractivity contribution in [1.82, 2.24) is 19.1 Å². The molecule has 32 heavy (non-hydrogen) atoms. The Morgan fingerprint density at radius 3 is 2.72 bits per heavy atom. The number of aryl methyl sites for hydroxylation is 1. The van der Waals surface area contributed by atoms with Gasteiger partial charge in [-0.3, -0.25) is 9.13 Å². The third-order valence-corrected chi connectivity index (χ3v) is 5.39. The third-order valence-electron chi connectivity index (χ3n) is 4.80. The van der Waals surface area contributed by atoms with E-state index in [0.717, 1.165) is 4.57 Å². The van der Waals surface area contributed by atoms with Gasteiger partial charge in [0, 0.05) is 34.1 Å². The summed E-state index contributed by atoms with van der Waals surface area (Å²) in [6.45, 7) is 2.65. The fourth-order valence-corrected chi connectivity index (χ4v) is 3.70. The Morgan fingerprint density at radius 2 is 2.06 bits per heavy atom. The molecule has 5 nitrogen and oxygen atoms in total. The quantitative estimate of drug-likeness (QED) is 0.412. The van der Waals surface area contributed by atoms with E-state index in [-0.39, 0.29) is 13.0 Å². The zero-order chi connectivity index (χ0) is 23.4. The molecular weight excluding hydrogens is 464 g/mol. The van der Waals surface area contributed by atoms with Crippen LogP contribution >= 0.6 is 23.2 Å². The van der Waals surface area contributed by atoms with Crippen LogP contribution in [0.2, 0.25) is 10.0 Å². The topological polar surface area (TPSA) is 55.6 Å². The first-order chi connectivity index (χ1) is 15.2. The van der Waals surface area contributed by atoms with Crippen LogP contribution in [0.5, 0.6) is 0 Å². The van der Waals surface area contributed by atoms with Gasteiger partial charge >= 0.3 is 5.69 Å². The van der Waals surface area contributed by atoms with Crippen molar-refractivity contribution < 1.29 is 13.2 Å². The van der Waals surface area contributed by atoms with Crippen molar-refractivity contribution in [3.05, 3.63) is 91.4 Å². The molecule has 1 N–H and O–H groups in total. The summed E-state index contributed by atoms with van der Waals surface area (Å²) in [6, 6.07) is 4.90. The average Bonchev–Trinajstić information content (AvgIpc) is 3.22. The van der Waals surface area contributed by atoms with Crippen molar-refractivity contribution in [2.24, 2.45) is 0 Å². The summed E-state index contributed by atoms with van der Waals surface area (Å²) >= 11 is 12.1. The first-order valence-corrected chi connectivity index (χ1v) is 10.5. The van der Waals surface area contributed by atoms with Crippen LogP contribution in [0.1, 0.15) is 35.4 Å². The number of allylic oxidation sites excluding steroid dienone is 3. The molecule has 3 rings (SSSR count). The third kappa shape index (κ3) is 5.75. The van der Waals surface area contributed by atoms with Gasteiger partial charge in [-0.1, -0.05) is 35.3 Å². The molecule has 0 spiro atoms. The monoisotopic (exact) mass is 484 g/mol. The highest BCUT2D eigenvalue weighted by molar-refractivity contribution is 6.35. The Balaban J connectivity index is 1.92. The number of imidazole rings is 2. The molecule has 1 aromatic carbocycles. The number of aromatic amines is 1. The van der Waals surface area contributed by atoms with E-state index in [1.807, 2.05) is 0 Å². The predicted molar refractivity (Wildman–Crippen MR) is 120 cm³/mol. The summed E-state index contributed by atoms with van der Waals surface area (Å²) in [5.41, 5.74) is 1.66. The zero-order valence-corrected chi connectivity index (χ0v) is 18.9. The average molecular weight is 485 g/mol. The standard InChI is InChI=1S/C22H21Cl2F3N4O/c1-3-16(25)6-7-19-13(2)28-21(29-19)12-30-10-17(31(22(30)32)11-20(26)27)8-14-4-5-15(23)9-18(14)24/h3-7,9-10,20H,8,11-12H2,1-2H3,(H,28,29)/b7-6-,16-3+. The lowest BCUT2D eigenvalue weighted by molar-refractivity contribution is 0.124. The van der Waals surface area contributed by atoms with Crippen molar-refractivity contribution in [3.8, 4) is 0 Å². The molecule has 0 saturated carbocycles. The molecule has 0 saturated heterocycles. The highest BCUT2D eigenvalue weighted by Gasteiger charge is 2.18. The van der Waals surface area contributed by atoms with Crippen LogP contribution < -0.4 is 5.69 Å². The second kappa shape index (κ2) is 10.3.